The molecule has 74 valence electrons. The molecule has 0 aliphatic heterocycles. The van der Waals surface area contributed by atoms with E-state index in [9.17, 15) is 0 Å². The van der Waals surface area contributed by atoms with Gasteiger partial charge >= 0.3 is 0 Å². The maximum atomic E-state index is 5.55. The van der Waals surface area contributed by atoms with Gasteiger partial charge in [-0.1, -0.05) is 6.07 Å². The van der Waals surface area contributed by atoms with Gasteiger partial charge in [0, 0.05) is 18.6 Å². The lowest BCUT2D eigenvalue weighted by atomic mass is 10.1. The number of fused-ring (bicyclic) bond motifs is 1. The van der Waals surface area contributed by atoms with Crippen LogP contribution in [0, 0.1) is 6.92 Å². The van der Waals surface area contributed by atoms with Gasteiger partial charge in [0.1, 0.15) is 0 Å². The van der Waals surface area contributed by atoms with E-state index in [1.807, 2.05) is 0 Å². The third-order valence-electron chi connectivity index (χ3n) is 2.65. The molecule has 0 bridgehead atoms. The molecule has 2 nitrogen and oxygen atoms in total. The topological polar surface area (TPSA) is 30.9 Å². The summed E-state index contributed by atoms with van der Waals surface area (Å²) in [7, 11) is 2.08. The van der Waals surface area contributed by atoms with Gasteiger partial charge in [-0.3, -0.25) is 0 Å². The van der Waals surface area contributed by atoms with Gasteiger partial charge in [-0.05, 0) is 43.1 Å². The Hall–Kier alpha value is -1.28. The average Bonchev–Trinajstić information content (AvgIpc) is 2.48. The number of benzene rings is 1. The lowest BCUT2D eigenvalue weighted by Crippen LogP contribution is -2.03. The molecule has 1 heterocycles. The Morgan fingerprint density at radius 1 is 1.36 bits per heavy atom. The second-order valence-corrected chi connectivity index (χ2v) is 3.82. The van der Waals surface area contributed by atoms with E-state index in [-0.39, 0.29) is 0 Å². The summed E-state index contributed by atoms with van der Waals surface area (Å²) in [4.78, 5) is 0. The number of hydrogen-bond acceptors (Lipinski definition) is 1. The molecule has 0 saturated heterocycles. The molecule has 1 aromatic heterocycles. The highest BCUT2D eigenvalue weighted by atomic mass is 14.9. The van der Waals surface area contributed by atoms with Crippen LogP contribution in [0.5, 0.6) is 0 Å². The molecule has 2 aromatic rings. The van der Waals surface area contributed by atoms with Crippen LogP contribution in [0.4, 0.5) is 0 Å². The first kappa shape index (κ1) is 9.28. The molecule has 0 fully saturated rings. The Balaban J connectivity index is 2.62. The van der Waals surface area contributed by atoms with Gasteiger partial charge < -0.3 is 10.3 Å². The third-order valence-corrected chi connectivity index (χ3v) is 2.65. The zero-order chi connectivity index (χ0) is 10.1. The minimum atomic E-state index is 0.720. The van der Waals surface area contributed by atoms with Crippen LogP contribution in [0.2, 0.25) is 0 Å². The smallest absolute Gasteiger partial charge is 0.0507 e. The highest BCUT2D eigenvalue weighted by molar-refractivity contribution is 5.84. The van der Waals surface area contributed by atoms with Crippen molar-refractivity contribution < 1.29 is 0 Å². The predicted octanol–water partition coefficient (Wildman–Crippen LogP) is 1.99. The minimum absolute atomic E-state index is 0.720. The molecule has 0 amide bonds. The average molecular weight is 188 g/mol. The fourth-order valence-electron chi connectivity index (χ4n) is 2.07. The van der Waals surface area contributed by atoms with Crippen LogP contribution in [-0.2, 0) is 13.5 Å². The summed E-state index contributed by atoms with van der Waals surface area (Å²) in [5.74, 6) is 0. The van der Waals surface area contributed by atoms with Crippen molar-refractivity contribution in [1.82, 2.24) is 4.57 Å². The number of rotatable bonds is 2. The lowest BCUT2D eigenvalue weighted by molar-refractivity contribution is 0.954. The first-order chi connectivity index (χ1) is 6.72. The van der Waals surface area contributed by atoms with Crippen molar-refractivity contribution in [1.29, 1.82) is 0 Å². The first-order valence-corrected chi connectivity index (χ1v) is 4.97. The third kappa shape index (κ3) is 1.42. The van der Waals surface area contributed by atoms with Crippen LogP contribution in [0.3, 0.4) is 0 Å². The van der Waals surface area contributed by atoms with Crippen LogP contribution in [0.25, 0.3) is 10.9 Å². The summed E-state index contributed by atoms with van der Waals surface area (Å²) in [5, 5.41) is 1.32. The zero-order valence-corrected chi connectivity index (χ0v) is 8.75. The van der Waals surface area contributed by atoms with Crippen molar-refractivity contribution in [3.63, 3.8) is 0 Å². The van der Waals surface area contributed by atoms with Crippen molar-refractivity contribution in [3.8, 4) is 0 Å². The molecule has 0 atom stereocenters. The van der Waals surface area contributed by atoms with E-state index < -0.39 is 0 Å². The van der Waals surface area contributed by atoms with Gasteiger partial charge in [0.05, 0.1) is 5.52 Å². The van der Waals surface area contributed by atoms with E-state index in [0.29, 0.717) is 0 Å². The number of nitrogens with two attached hydrogens (primary N) is 1. The molecular formula is C12H16N2. The van der Waals surface area contributed by atoms with Gasteiger partial charge in [0.25, 0.3) is 0 Å². The fourth-order valence-corrected chi connectivity index (χ4v) is 2.07. The van der Waals surface area contributed by atoms with Gasteiger partial charge in [-0.15, -0.1) is 0 Å². The Morgan fingerprint density at radius 2 is 2.14 bits per heavy atom. The molecule has 0 radical (unpaired) electrons. The van der Waals surface area contributed by atoms with E-state index in [1.165, 1.54) is 22.0 Å². The number of nitrogens with zero attached hydrogens (tertiary/aromatic N) is 1. The maximum Gasteiger partial charge on any atom is 0.0507 e. The number of hydrogen-bond donors (Lipinski definition) is 1. The molecule has 2 rings (SSSR count). The van der Waals surface area contributed by atoms with Crippen molar-refractivity contribution in [2.75, 3.05) is 6.54 Å². The summed E-state index contributed by atoms with van der Waals surface area (Å²) in [5.41, 5.74) is 9.55. The van der Waals surface area contributed by atoms with E-state index in [4.69, 9.17) is 5.73 Å². The summed E-state index contributed by atoms with van der Waals surface area (Å²) in [6.45, 7) is 2.88. The van der Waals surface area contributed by atoms with Gasteiger partial charge in [-0.2, -0.15) is 0 Å². The molecule has 14 heavy (non-hydrogen) atoms. The first-order valence-electron chi connectivity index (χ1n) is 4.97. The number of aryl methyl sites for hydroxylation is 2. The second-order valence-electron chi connectivity index (χ2n) is 3.82. The zero-order valence-electron chi connectivity index (χ0n) is 8.75. The van der Waals surface area contributed by atoms with E-state index >= 15 is 0 Å². The molecule has 0 aliphatic rings. The van der Waals surface area contributed by atoms with Crippen molar-refractivity contribution in [2.24, 2.45) is 12.8 Å². The van der Waals surface area contributed by atoms with E-state index in [0.717, 1.165) is 13.0 Å². The molecule has 0 saturated carbocycles. The Labute approximate surface area is 84.3 Å². The van der Waals surface area contributed by atoms with Gasteiger partial charge in [0.2, 0.25) is 0 Å². The van der Waals surface area contributed by atoms with E-state index in [2.05, 4.69) is 42.9 Å². The van der Waals surface area contributed by atoms with Gasteiger partial charge in [0.15, 0.2) is 0 Å². The second kappa shape index (κ2) is 3.46. The van der Waals surface area contributed by atoms with Crippen LogP contribution < -0.4 is 5.73 Å². The SMILES string of the molecule is Cc1cc(CCN)cc2ccn(C)c12. The Kier molecular flexibility index (Phi) is 2.30. The molecule has 2 N–H and O–H groups in total. The van der Waals surface area contributed by atoms with Crippen LogP contribution in [0.1, 0.15) is 11.1 Å². The highest BCUT2D eigenvalue weighted by Gasteiger charge is 2.03. The minimum Gasteiger partial charge on any atom is -0.350 e. The Bertz CT molecular complexity index is 455. The summed E-state index contributed by atoms with van der Waals surface area (Å²) < 4.78 is 2.16. The summed E-state index contributed by atoms with van der Waals surface area (Å²) in [6.07, 6.45) is 3.07. The Morgan fingerprint density at radius 3 is 2.86 bits per heavy atom. The monoisotopic (exact) mass is 188 g/mol. The predicted molar refractivity (Wildman–Crippen MR) is 60.4 cm³/mol. The molecule has 0 aliphatic carbocycles. The lowest BCUT2D eigenvalue weighted by Gasteiger charge is -2.05. The van der Waals surface area contributed by atoms with Crippen molar-refractivity contribution in [2.45, 2.75) is 13.3 Å². The molecular weight excluding hydrogens is 172 g/mol. The molecule has 2 heteroatoms. The largest absolute Gasteiger partial charge is 0.350 e. The van der Waals surface area contributed by atoms with Crippen LogP contribution >= 0.6 is 0 Å². The summed E-state index contributed by atoms with van der Waals surface area (Å²) in [6, 6.07) is 6.62. The van der Waals surface area contributed by atoms with Crippen LogP contribution in [0.15, 0.2) is 24.4 Å². The summed E-state index contributed by atoms with van der Waals surface area (Å²) >= 11 is 0. The number of aromatic nitrogens is 1. The molecule has 0 spiro atoms. The van der Waals surface area contributed by atoms with E-state index in [1.54, 1.807) is 0 Å². The normalized spacial score (nSPS) is 11.1. The maximum absolute atomic E-state index is 5.55. The van der Waals surface area contributed by atoms with Crippen molar-refractivity contribution >= 4 is 10.9 Å². The fraction of sp³-hybridized carbons (Fsp3) is 0.333. The van der Waals surface area contributed by atoms with Gasteiger partial charge in [-0.25, -0.2) is 0 Å². The van der Waals surface area contributed by atoms with Crippen LogP contribution in [-0.4, -0.2) is 11.1 Å². The molecule has 0 unspecified atom stereocenters. The molecule has 1 aromatic carbocycles. The highest BCUT2D eigenvalue weighted by Crippen LogP contribution is 2.21. The standard InChI is InChI=1S/C12H16N2/c1-9-7-10(3-5-13)8-11-4-6-14(2)12(9)11/h4,6-8H,3,5,13H2,1-2H3. The van der Waals surface area contributed by atoms with Crippen molar-refractivity contribution in [3.05, 3.63) is 35.5 Å². The quantitative estimate of drug-likeness (QED) is 0.767.